The lowest BCUT2D eigenvalue weighted by atomic mass is 9.92. The van der Waals surface area contributed by atoms with Crippen LogP contribution in [0.1, 0.15) is 38.9 Å². The van der Waals surface area contributed by atoms with E-state index in [9.17, 15) is 4.39 Å². The van der Waals surface area contributed by atoms with Gasteiger partial charge >= 0.3 is 0 Å². The minimum atomic E-state index is -0.226. The highest BCUT2D eigenvalue weighted by Gasteiger charge is 2.30. The van der Waals surface area contributed by atoms with E-state index in [1.165, 1.54) is 31.4 Å². The van der Waals surface area contributed by atoms with Crippen LogP contribution in [0.5, 0.6) is 0 Å². The number of halogens is 1. The van der Waals surface area contributed by atoms with Crippen molar-refractivity contribution in [3.63, 3.8) is 0 Å². The van der Waals surface area contributed by atoms with Gasteiger partial charge < -0.3 is 9.73 Å². The van der Waals surface area contributed by atoms with Crippen molar-refractivity contribution >= 4 is 0 Å². The standard InChI is InChI=1S/C18H22FNO/c1-18(2)10-9-15(11-18)20-12-16-7-8-17(21-16)13-3-5-14(19)6-4-13/h3-8,15,20H,9-12H2,1-2H3. The van der Waals surface area contributed by atoms with Crippen LogP contribution in [0.3, 0.4) is 0 Å². The van der Waals surface area contributed by atoms with Gasteiger partial charge in [0.05, 0.1) is 6.54 Å². The highest BCUT2D eigenvalue weighted by atomic mass is 19.1. The van der Waals surface area contributed by atoms with E-state index in [1.807, 2.05) is 12.1 Å². The molecule has 21 heavy (non-hydrogen) atoms. The summed E-state index contributed by atoms with van der Waals surface area (Å²) in [5, 5.41) is 3.57. The normalized spacial score (nSPS) is 20.8. The molecule has 1 fully saturated rings. The lowest BCUT2D eigenvalue weighted by Gasteiger charge is -2.17. The topological polar surface area (TPSA) is 25.2 Å². The summed E-state index contributed by atoms with van der Waals surface area (Å²) in [5.74, 6) is 1.49. The number of rotatable bonds is 4. The van der Waals surface area contributed by atoms with E-state index >= 15 is 0 Å². The molecule has 1 saturated carbocycles. The second-order valence-electron chi connectivity index (χ2n) is 6.76. The lowest BCUT2D eigenvalue weighted by molar-refractivity contribution is 0.360. The highest BCUT2D eigenvalue weighted by Crippen LogP contribution is 2.37. The Hall–Kier alpha value is -1.61. The van der Waals surface area contributed by atoms with Crippen LogP contribution < -0.4 is 5.32 Å². The number of furan rings is 1. The van der Waals surface area contributed by atoms with Crippen LogP contribution in [0.2, 0.25) is 0 Å². The quantitative estimate of drug-likeness (QED) is 0.877. The van der Waals surface area contributed by atoms with Gasteiger partial charge in [-0.1, -0.05) is 13.8 Å². The van der Waals surface area contributed by atoms with Gasteiger partial charge in [-0.15, -0.1) is 0 Å². The van der Waals surface area contributed by atoms with Crippen molar-refractivity contribution in [2.45, 2.75) is 45.7 Å². The molecular weight excluding hydrogens is 265 g/mol. The maximum absolute atomic E-state index is 12.9. The van der Waals surface area contributed by atoms with E-state index in [1.54, 1.807) is 12.1 Å². The molecular formula is C18H22FNO. The van der Waals surface area contributed by atoms with Crippen molar-refractivity contribution in [1.82, 2.24) is 5.32 Å². The Balaban J connectivity index is 1.59. The van der Waals surface area contributed by atoms with Crippen molar-refractivity contribution in [1.29, 1.82) is 0 Å². The Morgan fingerprint density at radius 2 is 1.95 bits per heavy atom. The zero-order chi connectivity index (χ0) is 14.9. The molecule has 1 atom stereocenters. The van der Waals surface area contributed by atoms with Gasteiger partial charge in [-0.25, -0.2) is 4.39 Å². The summed E-state index contributed by atoms with van der Waals surface area (Å²) < 4.78 is 18.8. The molecule has 1 N–H and O–H groups in total. The summed E-state index contributed by atoms with van der Waals surface area (Å²) in [4.78, 5) is 0. The van der Waals surface area contributed by atoms with Crippen molar-refractivity contribution in [3.05, 3.63) is 48.0 Å². The monoisotopic (exact) mass is 287 g/mol. The molecule has 1 aliphatic carbocycles. The Morgan fingerprint density at radius 1 is 1.19 bits per heavy atom. The minimum Gasteiger partial charge on any atom is -0.460 e. The SMILES string of the molecule is CC1(C)CCC(NCc2ccc(-c3ccc(F)cc3)o2)C1. The van der Waals surface area contributed by atoms with E-state index in [0.717, 1.165) is 23.6 Å². The summed E-state index contributed by atoms with van der Waals surface area (Å²) in [6, 6.07) is 10.9. The Kier molecular flexibility index (Phi) is 3.85. The van der Waals surface area contributed by atoms with E-state index < -0.39 is 0 Å². The third-order valence-electron chi connectivity index (χ3n) is 4.32. The van der Waals surface area contributed by atoms with Crippen molar-refractivity contribution < 1.29 is 8.81 Å². The molecule has 0 aliphatic heterocycles. The maximum atomic E-state index is 12.9. The molecule has 0 amide bonds. The molecule has 2 nitrogen and oxygen atoms in total. The predicted molar refractivity (Wildman–Crippen MR) is 82.4 cm³/mol. The van der Waals surface area contributed by atoms with E-state index in [-0.39, 0.29) is 5.82 Å². The average Bonchev–Trinajstić information content (AvgIpc) is 3.04. The second-order valence-corrected chi connectivity index (χ2v) is 6.76. The van der Waals surface area contributed by atoms with Crippen LogP contribution in [0.15, 0.2) is 40.8 Å². The summed E-state index contributed by atoms with van der Waals surface area (Å²) in [6.45, 7) is 5.41. The van der Waals surface area contributed by atoms with Crippen LogP contribution in [0.4, 0.5) is 4.39 Å². The number of hydrogen-bond acceptors (Lipinski definition) is 2. The second kappa shape index (κ2) is 5.64. The van der Waals surface area contributed by atoms with E-state index in [4.69, 9.17) is 4.42 Å². The molecule has 0 radical (unpaired) electrons. The Morgan fingerprint density at radius 3 is 2.62 bits per heavy atom. The summed E-state index contributed by atoms with van der Waals surface area (Å²) in [5.41, 5.74) is 1.37. The molecule has 1 aromatic carbocycles. The summed E-state index contributed by atoms with van der Waals surface area (Å²) in [6.07, 6.45) is 3.74. The molecule has 3 rings (SSSR count). The number of hydrogen-bond donors (Lipinski definition) is 1. The molecule has 3 heteroatoms. The van der Waals surface area contributed by atoms with Gasteiger partial charge in [0.1, 0.15) is 17.3 Å². The third-order valence-corrected chi connectivity index (χ3v) is 4.32. The molecule has 1 heterocycles. The molecule has 2 aromatic rings. The van der Waals surface area contributed by atoms with Crippen LogP contribution in [0.25, 0.3) is 11.3 Å². The first-order valence-corrected chi connectivity index (χ1v) is 7.60. The molecule has 1 aromatic heterocycles. The van der Waals surface area contributed by atoms with Gasteiger partial charge in [-0.2, -0.15) is 0 Å². The van der Waals surface area contributed by atoms with Crippen LogP contribution in [-0.4, -0.2) is 6.04 Å². The van der Waals surface area contributed by atoms with Crippen LogP contribution in [0, 0.1) is 11.2 Å². The Bertz CT molecular complexity index is 600. The van der Waals surface area contributed by atoms with Crippen molar-refractivity contribution in [2.75, 3.05) is 0 Å². The predicted octanol–water partition coefficient (Wildman–Crippen LogP) is 4.75. The van der Waals surface area contributed by atoms with Crippen LogP contribution >= 0.6 is 0 Å². The first kappa shape index (κ1) is 14.3. The smallest absolute Gasteiger partial charge is 0.134 e. The van der Waals surface area contributed by atoms with Gasteiger partial charge in [0.15, 0.2) is 0 Å². The molecule has 112 valence electrons. The fourth-order valence-electron chi connectivity index (χ4n) is 3.10. The lowest BCUT2D eigenvalue weighted by Crippen LogP contribution is -2.26. The summed E-state index contributed by atoms with van der Waals surface area (Å²) >= 11 is 0. The first-order valence-electron chi connectivity index (χ1n) is 7.60. The molecule has 0 saturated heterocycles. The van der Waals surface area contributed by atoms with Gasteiger partial charge in [0.25, 0.3) is 0 Å². The van der Waals surface area contributed by atoms with Gasteiger partial charge in [0.2, 0.25) is 0 Å². The van der Waals surface area contributed by atoms with Crippen LogP contribution in [-0.2, 0) is 6.54 Å². The summed E-state index contributed by atoms with van der Waals surface area (Å²) in [7, 11) is 0. The van der Waals surface area contributed by atoms with Crippen molar-refractivity contribution in [2.24, 2.45) is 5.41 Å². The number of benzene rings is 1. The largest absolute Gasteiger partial charge is 0.460 e. The fourth-order valence-corrected chi connectivity index (χ4v) is 3.10. The molecule has 1 aliphatic rings. The number of nitrogens with one attached hydrogen (secondary N) is 1. The van der Waals surface area contributed by atoms with E-state index in [0.29, 0.717) is 11.5 Å². The molecule has 1 unspecified atom stereocenters. The minimum absolute atomic E-state index is 0.226. The van der Waals surface area contributed by atoms with Crippen molar-refractivity contribution in [3.8, 4) is 11.3 Å². The average molecular weight is 287 g/mol. The maximum Gasteiger partial charge on any atom is 0.134 e. The highest BCUT2D eigenvalue weighted by molar-refractivity contribution is 5.57. The van der Waals surface area contributed by atoms with Gasteiger partial charge in [-0.3, -0.25) is 0 Å². The zero-order valence-corrected chi connectivity index (χ0v) is 12.7. The molecule has 0 spiro atoms. The van der Waals surface area contributed by atoms with Gasteiger partial charge in [0, 0.05) is 11.6 Å². The molecule has 0 bridgehead atoms. The van der Waals surface area contributed by atoms with Gasteiger partial charge in [-0.05, 0) is 61.1 Å². The first-order chi connectivity index (χ1) is 10.0. The Labute approximate surface area is 125 Å². The zero-order valence-electron chi connectivity index (χ0n) is 12.7. The van der Waals surface area contributed by atoms with E-state index in [2.05, 4.69) is 19.2 Å². The fraction of sp³-hybridized carbons (Fsp3) is 0.444. The third kappa shape index (κ3) is 3.53.